The van der Waals surface area contributed by atoms with Crippen LogP contribution in [0.15, 0.2) is 41.6 Å². The number of aryl methyl sites for hydroxylation is 1. The average Bonchev–Trinajstić information content (AvgIpc) is 3.22. The molecule has 0 saturated carbocycles. The number of piperidine rings is 1. The van der Waals surface area contributed by atoms with Gasteiger partial charge in [-0.05, 0) is 43.6 Å². The zero-order valence-corrected chi connectivity index (χ0v) is 25.9. The molecule has 1 aromatic heterocycles. The molecule has 0 aliphatic carbocycles. The molecule has 226 valence electrons. The van der Waals surface area contributed by atoms with Crippen molar-refractivity contribution in [2.45, 2.75) is 88.0 Å². The van der Waals surface area contributed by atoms with Crippen LogP contribution in [0.3, 0.4) is 0 Å². The fourth-order valence-electron chi connectivity index (χ4n) is 4.75. The standard InChI is InChI=1S/C27H37F3N4O5SSi/c1-18-7-9-20(10-8-18)40(36,37)38-22-12-14-34(24(22)35)21-11-13-33(17-23(21)39-41(5,6)26(2,3)4)25-31-15-19(16-32-25)27(28,29)30/h7-10,15-16,21-23H,11-14,17H2,1-6H3/t21?,22-,23?/m0/s1. The summed E-state index contributed by atoms with van der Waals surface area (Å²) in [5.74, 6) is -0.271. The van der Waals surface area contributed by atoms with Crippen LogP contribution in [0.1, 0.15) is 44.7 Å². The molecular formula is C27H37F3N4O5SSi. The third-order valence-corrected chi connectivity index (χ3v) is 14.0. The van der Waals surface area contributed by atoms with Gasteiger partial charge >= 0.3 is 6.18 Å². The lowest BCUT2D eigenvalue weighted by molar-refractivity contribution is -0.138. The van der Waals surface area contributed by atoms with E-state index in [-0.39, 0.29) is 34.9 Å². The molecule has 3 atom stereocenters. The van der Waals surface area contributed by atoms with Crippen LogP contribution < -0.4 is 4.90 Å². The molecule has 2 saturated heterocycles. The summed E-state index contributed by atoms with van der Waals surface area (Å²) in [5.41, 5.74) is -0.0348. The van der Waals surface area contributed by atoms with E-state index in [9.17, 15) is 26.4 Å². The first kappa shape index (κ1) is 31.4. The fourth-order valence-corrected chi connectivity index (χ4v) is 7.16. The van der Waals surface area contributed by atoms with Crippen LogP contribution in [0.25, 0.3) is 0 Å². The Hall–Kier alpha value is -2.55. The molecule has 14 heteroatoms. The number of alkyl halides is 3. The minimum atomic E-state index is -4.54. The largest absolute Gasteiger partial charge is 0.419 e. The number of rotatable bonds is 7. The molecule has 3 heterocycles. The Morgan fingerprint density at radius 1 is 1.00 bits per heavy atom. The van der Waals surface area contributed by atoms with Gasteiger partial charge in [0.25, 0.3) is 16.0 Å². The Kier molecular flexibility index (Phi) is 8.62. The smallest absolute Gasteiger partial charge is 0.410 e. The van der Waals surface area contributed by atoms with Crippen LogP contribution in [-0.4, -0.2) is 75.4 Å². The third kappa shape index (κ3) is 6.92. The summed E-state index contributed by atoms with van der Waals surface area (Å²) in [6.07, 6.45) is -4.01. The number of halogens is 3. The van der Waals surface area contributed by atoms with E-state index in [1.165, 1.54) is 12.1 Å². The molecule has 2 aliphatic rings. The van der Waals surface area contributed by atoms with Crippen LogP contribution in [-0.2, 0) is 29.7 Å². The maximum Gasteiger partial charge on any atom is 0.419 e. The topological polar surface area (TPSA) is 102 Å². The minimum absolute atomic E-state index is 0.0154. The molecule has 0 spiro atoms. The molecule has 2 fully saturated rings. The number of benzene rings is 1. The van der Waals surface area contributed by atoms with Crippen molar-refractivity contribution in [3.8, 4) is 0 Å². The number of amides is 1. The maximum absolute atomic E-state index is 13.5. The van der Waals surface area contributed by atoms with Crippen molar-refractivity contribution >= 4 is 30.3 Å². The molecule has 2 unspecified atom stereocenters. The number of anilines is 1. The van der Waals surface area contributed by atoms with Gasteiger partial charge in [0.2, 0.25) is 5.95 Å². The summed E-state index contributed by atoms with van der Waals surface area (Å²) >= 11 is 0. The maximum atomic E-state index is 13.5. The van der Waals surface area contributed by atoms with Gasteiger partial charge in [-0.15, -0.1) is 0 Å². The molecule has 0 bridgehead atoms. The zero-order valence-electron chi connectivity index (χ0n) is 24.1. The number of carbonyl (C=O) groups excluding carboxylic acids is 1. The lowest BCUT2D eigenvalue weighted by Gasteiger charge is -2.47. The Bertz CT molecular complexity index is 1350. The number of hydrogen-bond acceptors (Lipinski definition) is 8. The van der Waals surface area contributed by atoms with Crippen LogP contribution >= 0.6 is 0 Å². The normalized spacial score (nSPS) is 22.9. The van der Waals surface area contributed by atoms with Gasteiger partial charge < -0.3 is 14.2 Å². The number of aromatic nitrogens is 2. The van der Waals surface area contributed by atoms with Crippen molar-refractivity contribution in [3.63, 3.8) is 0 Å². The van der Waals surface area contributed by atoms with Crippen molar-refractivity contribution in [2.75, 3.05) is 24.5 Å². The third-order valence-electron chi connectivity index (χ3n) is 8.17. The van der Waals surface area contributed by atoms with E-state index >= 15 is 0 Å². The minimum Gasteiger partial charge on any atom is -0.410 e. The van der Waals surface area contributed by atoms with Gasteiger partial charge in [0.05, 0.1) is 22.6 Å². The van der Waals surface area contributed by atoms with Crippen LogP contribution in [0.4, 0.5) is 19.1 Å². The Morgan fingerprint density at radius 2 is 1.61 bits per heavy atom. The second-order valence-corrected chi connectivity index (χ2v) is 18.5. The Morgan fingerprint density at radius 3 is 2.17 bits per heavy atom. The van der Waals surface area contributed by atoms with E-state index in [1.54, 1.807) is 21.9 Å². The Balaban J connectivity index is 1.54. The van der Waals surface area contributed by atoms with E-state index in [0.29, 0.717) is 19.5 Å². The summed E-state index contributed by atoms with van der Waals surface area (Å²) in [6, 6.07) is 5.85. The fraction of sp³-hybridized carbons (Fsp3) is 0.593. The first-order chi connectivity index (χ1) is 18.9. The van der Waals surface area contributed by atoms with Gasteiger partial charge in [-0.3, -0.25) is 8.98 Å². The molecule has 1 amide bonds. The Labute approximate surface area is 240 Å². The molecule has 9 nitrogen and oxygen atoms in total. The van der Waals surface area contributed by atoms with E-state index < -0.39 is 48.3 Å². The van der Waals surface area contributed by atoms with Gasteiger partial charge in [0.15, 0.2) is 14.4 Å². The monoisotopic (exact) mass is 614 g/mol. The summed E-state index contributed by atoms with van der Waals surface area (Å²) < 4.78 is 77.0. The van der Waals surface area contributed by atoms with E-state index in [2.05, 4.69) is 43.8 Å². The SMILES string of the molecule is Cc1ccc(S(=O)(=O)O[C@H]2CCN(C3CCN(c4ncc(C(F)(F)F)cn4)CC3O[Si](C)(C)C(C)(C)C)C2=O)cc1. The lowest BCUT2D eigenvalue weighted by Crippen LogP contribution is -2.60. The lowest BCUT2D eigenvalue weighted by atomic mass is 10.0. The highest BCUT2D eigenvalue weighted by Gasteiger charge is 2.48. The number of hydrogen-bond donors (Lipinski definition) is 0. The number of likely N-dealkylation sites (tertiary alicyclic amines) is 1. The number of carbonyl (C=O) groups is 1. The van der Waals surface area contributed by atoms with Crippen LogP contribution in [0, 0.1) is 6.92 Å². The molecule has 2 aromatic rings. The summed E-state index contributed by atoms with van der Waals surface area (Å²) in [7, 11) is -6.50. The second-order valence-electron chi connectivity index (χ2n) is 12.2. The van der Waals surface area contributed by atoms with Gasteiger partial charge in [-0.2, -0.15) is 21.6 Å². The first-order valence-corrected chi connectivity index (χ1v) is 17.8. The van der Waals surface area contributed by atoms with Crippen molar-refractivity contribution in [2.24, 2.45) is 0 Å². The van der Waals surface area contributed by atoms with E-state index in [4.69, 9.17) is 8.61 Å². The van der Waals surface area contributed by atoms with E-state index in [0.717, 1.165) is 18.0 Å². The zero-order chi connectivity index (χ0) is 30.4. The second kappa shape index (κ2) is 11.3. The van der Waals surface area contributed by atoms with Crippen molar-refractivity contribution in [3.05, 3.63) is 47.8 Å². The highest BCUT2D eigenvalue weighted by atomic mass is 32.2. The summed E-state index contributed by atoms with van der Waals surface area (Å²) in [5, 5.41) is -0.145. The molecule has 4 rings (SSSR count). The first-order valence-electron chi connectivity index (χ1n) is 13.5. The predicted molar refractivity (Wildman–Crippen MR) is 149 cm³/mol. The van der Waals surface area contributed by atoms with Crippen molar-refractivity contribution in [1.82, 2.24) is 14.9 Å². The van der Waals surface area contributed by atoms with Crippen LogP contribution in [0.2, 0.25) is 18.1 Å². The van der Waals surface area contributed by atoms with Crippen molar-refractivity contribution < 1.29 is 35.0 Å². The summed E-state index contributed by atoms with van der Waals surface area (Å²) in [6.45, 7) is 13.2. The molecular weight excluding hydrogens is 577 g/mol. The van der Waals surface area contributed by atoms with E-state index in [1.807, 2.05) is 6.92 Å². The molecule has 2 aliphatic heterocycles. The summed E-state index contributed by atoms with van der Waals surface area (Å²) in [4.78, 5) is 24.8. The van der Waals surface area contributed by atoms with Gasteiger partial charge in [0, 0.05) is 38.4 Å². The molecule has 41 heavy (non-hydrogen) atoms. The van der Waals surface area contributed by atoms with Gasteiger partial charge in [-0.25, -0.2) is 9.97 Å². The van der Waals surface area contributed by atoms with Crippen LogP contribution in [0.5, 0.6) is 0 Å². The average molecular weight is 615 g/mol. The predicted octanol–water partition coefficient (Wildman–Crippen LogP) is 4.78. The quantitative estimate of drug-likeness (QED) is 0.325. The highest BCUT2D eigenvalue weighted by Crippen LogP contribution is 2.40. The van der Waals surface area contributed by atoms with Gasteiger partial charge in [0.1, 0.15) is 0 Å². The number of nitrogens with zero attached hydrogens (tertiary/aromatic N) is 4. The molecule has 0 N–H and O–H groups in total. The van der Waals surface area contributed by atoms with Crippen molar-refractivity contribution in [1.29, 1.82) is 0 Å². The molecule has 0 radical (unpaired) electrons. The highest BCUT2D eigenvalue weighted by molar-refractivity contribution is 7.86. The molecule has 1 aromatic carbocycles. The van der Waals surface area contributed by atoms with Gasteiger partial charge in [-0.1, -0.05) is 38.5 Å².